The first-order valence-electron chi connectivity index (χ1n) is 30.5. The fourth-order valence-corrected chi connectivity index (χ4v) is 33.2. The van der Waals surface area contributed by atoms with Gasteiger partial charge in [-0.25, -0.2) is 19.2 Å². The quantitative estimate of drug-likeness (QED) is 0.0802. The van der Waals surface area contributed by atoms with E-state index in [9.17, 15) is 39.6 Å². The molecule has 410 valence electrons. The Morgan fingerprint density at radius 1 is 0.538 bits per heavy atom. The van der Waals surface area contributed by atoms with E-state index in [4.69, 9.17) is 18.9 Å². The van der Waals surface area contributed by atoms with Gasteiger partial charge in [-0.05, 0) is 242 Å². The summed E-state index contributed by atoms with van der Waals surface area (Å²) in [6.07, 6.45) is 15.7. The van der Waals surface area contributed by atoms with Gasteiger partial charge < -0.3 is 39.4 Å². The highest BCUT2D eigenvalue weighted by molar-refractivity contribution is 6.10. The molecule has 18 fully saturated rings. The maximum Gasteiger partial charge on any atom is 0.341 e. The first-order chi connectivity index (χ1) is 37.5. The molecule has 16 nitrogen and oxygen atoms in total. The molecule has 0 aromatic carbocycles. The largest absolute Gasteiger partial charge is 0.479 e. The number of ether oxygens (including phenoxy) is 4. The van der Waals surface area contributed by atoms with E-state index < -0.39 is 107 Å². The van der Waals surface area contributed by atoms with Gasteiger partial charge in [0.2, 0.25) is 0 Å². The van der Waals surface area contributed by atoms with Crippen LogP contribution in [0.1, 0.15) is 64.7 Å². The highest BCUT2D eigenvalue weighted by Gasteiger charge is 3.13. The summed E-state index contributed by atoms with van der Waals surface area (Å²) in [7, 11) is 0. The molecule has 20 aliphatic rings. The van der Waals surface area contributed by atoms with Crippen LogP contribution in [0.15, 0.2) is 23.8 Å². The van der Waals surface area contributed by atoms with Crippen LogP contribution in [-0.2, 0) is 57.3 Å². The number of hydrogen-bond acceptors (Lipinski definition) is 12. The summed E-state index contributed by atoms with van der Waals surface area (Å²) < 4.78 is 23.8. The normalized spacial score (nSPS) is 60.3. The van der Waals surface area contributed by atoms with Crippen molar-refractivity contribution in [2.45, 2.75) is 64.7 Å². The lowest BCUT2D eigenvalue weighted by atomic mass is 9.30. The van der Waals surface area contributed by atoms with E-state index in [1.807, 2.05) is 0 Å². The van der Waals surface area contributed by atoms with Crippen LogP contribution in [0.3, 0.4) is 0 Å². The Balaban J connectivity index is 0.876. The number of carbonyl (C=O) groups excluding carboxylic acids is 4. The molecule has 34 atom stereocenters. The molecule has 3 spiro atoms. The van der Waals surface area contributed by atoms with Gasteiger partial charge in [0, 0.05) is 21.7 Å². The van der Waals surface area contributed by atoms with Gasteiger partial charge in [-0.2, -0.15) is 0 Å². The molecule has 0 amide bonds. The zero-order valence-electron chi connectivity index (χ0n) is 43.4. The SMILES string of the molecule is CC(C(=O)OCC(=O)O)(C(=O)OCC(=O)O)C12CCC3CC4CC5C=CC67CC8CC9=CC%10CC%11CCC1C1C%11C%11C%10C%10C%12C%13C%11C1C1C%11C%13C%13C(C4C%11C3C12)C5C6C%13C%12C1(C9%10)C(C(=O)OCC(=O)O)(C(=O)OCC(=O)O)C871. The van der Waals surface area contributed by atoms with Crippen LogP contribution in [0, 0.1) is 210 Å². The van der Waals surface area contributed by atoms with Crippen molar-refractivity contribution >= 4 is 47.8 Å². The standard InChI is InChI=1S/C62H66O16/c1-57(53(71)75-14-26(63)64,54(72)76-15-27(65)66)59-7-5-20-10-21-9-19-4-6-58-13-24-12-23-11-22-8-18-2-3-25(59)35-30(18)36-32(22)45-47-43-40(36)39(35)46-42-38(34(20)51(46)59)31(21)37-33(19)50(58)48(44(37)41(42)43)52(47)60(49(23)45)61(62(24,58)60,55(73)77-16-28(67)68)56(74)78-17-29(69)70/h4,6,11,18-22,24-25,30-52H,2-3,5,7-10,12-17H2,1H3,(H,63,64)(H,65,66)(H,67,68)(H,69,70). The maximum atomic E-state index is 16.1. The minimum Gasteiger partial charge on any atom is -0.479 e. The predicted molar refractivity (Wildman–Crippen MR) is 258 cm³/mol. The Hall–Kier alpha value is -4.76. The van der Waals surface area contributed by atoms with E-state index in [0.29, 0.717) is 107 Å². The van der Waals surface area contributed by atoms with Crippen molar-refractivity contribution in [1.82, 2.24) is 0 Å². The second-order valence-corrected chi connectivity index (χ2v) is 30.8. The Labute approximate surface area is 448 Å². The molecule has 20 aliphatic carbocycles. The van der Waals surface area contributed by atoms with Gasteiger partial charge in [-0.1, -0.05) is 23.8 Å². The molecule has 0 radical (unpaired) electrons. The highest BCUT2D eigenvalue weighted by atomic mass is 16.6. The van der Waals surface area contributed by atoms with E-state index in [-0.39, 0.29) is 76.9 Å². The summed E-state index contributed by atoms with van der Waals surface area (Å²) in [6.45, 7) is -1.90. The van der Waals surface area contributed by atoms with Crippen molar-refractivity contribution in [2.75, 3.05) is 26.4 Å². The van der Waals surface area contributed by atoms with E-state index in [1.54, 1.807) is 6.92 Å². The summed E-state index contributed by atoms with van der Waals surface area (Å²) in [6, 6.07) is 0. The van der Waals surface area contributed by atoms with Crippen LogP contribution in [0.4, 0.5) is 0 Å². The van der Waals surface area contributed by atoms with Gasteiger partial charge >= 0.3 is 47.8 Å². The van der Waals surface area contributed by atoms with Gasteiger partial charge in [-0.15, -0.1) is 0 Å². The number of fused-ring (bicyclic) bond motifs is 1. The topological polar surface area (TPSA) is 254 Å². The smallest absolute Gasteiger partial charge is 0.341 e. The zero-order chi connectivity index (χ0) is 52.7. The van der Waals surface area contributed by atoms with Gasteiger partial charge in [0.25, 0.3) is 0 Å². The van der Waals surface area contributed by atoms with Crippen molar-refractivity contribution in [3.8, 4) is 0 Å². The average molecular weight is 1070 g/mol. The van der Waals surface area contributed by atoms with E-state index in [0.717, 1.165) is 51.4 Å². The molecule has 0 aromatic rings. The molecule has 4 N–H and O–H groups in total. The lowest BCUT2D eigenvalue weighted by Crippen LogP contribution is -2.71. The third-order valence-electron chi connectivity index (χ3n) is 31.5. The molecule has 16 heteroatoms. The van der Waals surface area contributed by atoms with Gasteiger partial charge in [0.15, 0.2) is 37.3 Å². The number of allylic oxidation sites excluding steroid dienone is 4. The molecule has 0 aliphatic heterocycles. The van der Waals surface area contributed by atoms with E-state index >= 15 is 19.2 Å². The molecule has 0 aromatic heterocycles. The first kappa shape index (κ1) is 44.9. The summed E-state index contributed by atoms with van der Waals surface area (Å²) >= 11 is 0. The number of carboxylic acid groups (broad SMARTS) is 4. The van der Waals surface area contributed by atoms with Crippen molar-refractivity contribution in [1.29, 1.82) is 0 Å². The van der Waals surface area contributed by atoms with Crippen LogP contribution >= 0.6 is 0 Å². The fraction of sp³-hybridized carbons (Fsp3) is 0.806. The zero-order valence-corrected chi connectivity index (χ0v) is 43.4. The van der Waals surface area contributed by atoms with E-state index in [1.165, 1.54) is 5.57 Å². The molecule has 34 unspecified atom stereocenters. The number of rotatable bonds is 13. The molecule has 0 bridgehead atoms. The monoisotopic (exact) mass is 1070 g/mol. The predicted octanol–water partition coefficient (Wildman–Crippen LogP) is 5.19. The lowest BCUT2D eigenvalue weighted by molar-refractivity contribution is -0.260. The average Bonchev–Trinajstić information content (AvgIpc) is 1.38. The van der Waals surface area contributed by atoms with Crippen LogP contribution < -0.4 is 0 Å². The van der Waals surface area contributed by atoms with Crippen LogP contribution in [0.2, 0.25) is 0 Å². The van der Waals surface area contributed by atoms with Crippen molar-refractivity contribution in [3.63, 3.8) is 0 Å². The van der Waals surface area contributed by atoms with Crippen molar-refractivity contribution in [3.05, 3.63) is 23.8 Å². The Bertz CT molecular complexity index is 3080. The third kappa shape index (κ3) is 3.80. The maximum absolute atomic E-state index is 16.1. The second kappa shape index (κ2) is 13.0. The van der Waals surface area contributed by atoms with Crippen molar-refractivity contribution in [2.24, 2.45) is 210 Å². The molecular weight excluding hydrogens is 1000 g/mol. The lowest BCUT2D eigenvalue weighted by Gasteiger charge is -2.73. The minimum atomic E-state index is -1.96. The summed E-state index contributed by atoms with van der Waals surface area (Å²) in [5.41, 5.74) is -5.74. The number of esters is 4. The number of carbonyl (C=O) groups is 8. The number of carboxylic acids is 4. The molecule has 0 saturated heterocycles. The Morgan fingerprint density at radius 2 is 1.09 bits per heavy atom. The molecule has 0 heterocycles. The van der Waals surface area contributed by atoms with Gasteiger partial charge in [0.05, 0.1) is 0 Å². The van der Waals surface area contributed by atoms with Crippen LogP contribution in [-0.4, -0.2) is 94.6 Å². The fourth-order valence-electron chi connectivity index (χ4n) is 33.2. The Morgan fingerprint density at radius 3 is 1.77 bits per heavy atom. The van der Waals surface area contributed by atoms with Crippen LogP contribution in [0.25, 0.3) is 0 Å². The Kier molecular flexibility index (Phi) is 7.46. The van der Waals surface area contributed by atoms with Crippen molar-refractivity contribution < 1.29 is 77.7 Å². The second-order valence-electron chi connectivity index (χ2n) is 30.8. The van der Waals surface area contributed by atoms with E-state index in [2.05, 4.69) is 18.2 Å². The molecule has 20 rings (SSSR count). The van der Waals surface area contributed by atoms with Crippen LogP contribution in [0.5, 0.6) is 0 Å². The summed E-state index contributed by atoms with van der Waals surface area (Å²) in [5.74, 6) is -1.20. The first-order valence-corrected chi connectivity index (χ1v) is 30.5. The molecular formula is C62H66O16. The summed E-state index contributed by atoms with van der Waals surface area (Å²) in [5, 5.41) is 40.5. The minimum absolute atomic E-state index is 0.0164. The third-order valence-corrected chi connectivity index (χ3v) is 31.5. The molecule has 18 saturated carbocycles. The van der Waals surface area contributed by atoms with Gasteiger partial charge in [0.1, 0.15) is 0 Å². The number of aliphatic carboxylic acids is 4. The summed E-state index contributed by atoms with van der Waals surface area (Å²) in [4.78, 5) is 113. The molecule has 78 heavy (non-hydrogen) atoms. The number of hydrogen-bond donors (Lipinski definition) is 4. The van der Waals surface area contributed by atoms with Gasteiger partial charge in [-0.3, -0.25) is 19.2 Å². The highest BCUT2D eigenvalue weighted by Crippen LogP contribution is 3.10.